The smallest absolute Gasteiger partial charge is 0.149 e. The van der Waals surface area contributed by atoms with E-state index in [9.17, 15) is 5.26 Å². The number of hydrogen-bond acceptors (Lipinski definition) is 4. The van der Waals surface area contributed by atoms with E-state index in [4.69, 9.17) is 5.73 Å². The molecule has 0 aromatic carbocycles. The quantitative estimate of drug-likeness (QED) is 0.939. The zero-order valence-electron chi connectivity index (χ0n) is 11.3. The fourth-order valence-corrected chi connectivity index (χ4v) is 3.80. The van der Waals surface area contributed by atoms with E-state index in [2.05, 4.69) is 27.1 Å². The van der Waals surface area contributed by atoms with Crippen LogP contribution in [0.1, 0.15) is 25.7 Å². The Kier molecular flexibility index (Phi) is 3.60. The summed E-state index contributed by atoms with van der Waals surface area (Å²) >= 11 is 1.70. The summed E-state index contributed by atoms with van der Waals surface area (Å²) in [6.45, 7) is 0.874. The summed E-state index contributed by atoms with van der Waals surface area (Å²) < 4.78 is 2.17. The molecule has 104 valence electrons. The largest absolute Gasteiger partial charge is 0.330 e. The SMILES string of the molecule is N#CC1(N)CCCC1CCn1ccnc1-c1cccs1. The van der Waals surface area contributed by atoms with Crippen LogP contribution in [-0.4, -0.2) is 15.1 Å². The molecule has 0 amide bonds. The molecule has 0 aliphatic heterocycles. The molecule has 2 N–H and O–H groups in total. The molecule has 0 spiro atoms. The number of aromatic nitrogens is 2. The van der Waals surface area contributed by atoms with Gasteiger partial charge in [-0.25, -0.2) is 4.98 Å². The molecule has 1 fully saturated rings. The van der Waals surface area contributed by atoms with Crippen LogP contribution in [0.25, 0.3) is 10.7 Å². The van der Waals surface area contributed by atoms with Gasteiger partial charge in [0.2, 0.25) is 0 Å². The summed E-state index contributed by atoms with van der Waals surface area (Å²) in [4.78, 5) is 5.62. The Labute approximate surface area is 122 Å². The highest BCUT2D eigenvalue weighted by Gasteiger charge is 2.39. The summed E-state index contributed by atoms with van der Waals surface area (Å²) in [7, 11) is 0. The van der Waals surface area contributed by atoms with E-state index in [1.54, 1.807) is 11.3 Å². The van der Waals surface area contributed by atoms with Gasteiger partial charge in [-0.15, -0.1) is 11.3 Å². The van der Waals surface area contributed by atoms with E-state index in [0.717, 1.165) is 38.1 Å². The van der Waals surface area contributed by atoms with Crippen molar-refractivity contribution in [3.8, 4) is 16.8 Å². The van der Waals surface area contributed by atoms with Crippen molar-refractivity contribution in [2.75, 3.05) is 0 Å². The third-order valence-electron chi connectivity index (χ3n) is 4.26. The van der Waals surface area contributed by atoms with Gasteiger partial charge in [-0.2, -0.15) is 5.26 Å². The maximum atomic E-state index is 9.27. The normalized spacial score (nSPS) is 25.7. The number of imidazole rings is 1. The first-order valence-electron chi connectivity index (χ1n) is 6.98. The van der Waals surface area contributed by atoms with Gasteiger partial charge in [0.05, 0.1) is 10.9 Å². The van der Waals surface area contributed by atoms with Gasteiger partial charge in [0.1, 0.15) is 11.4 Å². The van der Waals surface area contributed by atoms with Crippen LogP contribution in [0, 0.1) is 17.2 Å². The van der Waals surface area contributed by atoms with Gasteiger partial charge >= 0.3 is 0 Å². The van der Waals surface area contributed by atoms with Gasteiger partial charge in [0.15, 0.2) is 0 Å². The van der Waals surface area contributed by atoms with Crippen LogP contribution in [0.2, 0.25) is 0 Å². The number of rotatable bonds is 4. The zero-order chi connectivity index (χ0) is 14.0. The summed E-state index contributed by atoms with van der Waals surface area (Å²) in [5.41, 5.74) is 5.57. The van der Waals surface area contributed by atoms with E-state index >= 15 is 0 Å². The van der Waals surface area contributed by atoms with Crippen LogP contribution in [-0.2, 0) is 6.54 Å². The van der Waals surface area contributed by atoms with Gasteiger partial charge in [-0.1, -0.05) is 12.5 Å². The lowest BCUT2D eigenvalue weighted by atomic mass is 9.87. The van der Waals surface area contributed by atoms with Crippen LogP contribution < -0.4 is 5.73 Å². The highest BCUT2D eigenvalue weighted by atomic mass is 32.1. The lowest BCUT2D eigenvalue weighted by Crippen LogP contribution is -2.42. The second-order valence-electron chi connectivity index (χ2n) is 5.45. The lowest BCUT2D eigenvalue weighted by Gasteiger charge is -2.24. The fraction of sp³-hybridized carbons (Fsp3) is 0.467. The average molecular weight is 286 g/mol. The van der Waals surface area contributed by atoms with Crippen molar-refractivity contribution in [2.24, 2.45) is 11.7 Å². The molecule has 3 rings (SSSR count). The number of nitrogens with two attached hydrogens (primary N) is 1. The maximum Gasteiger partial charge on any atom is 0.149 e. The van der Waals surface area contributed by atoms with Gasteiger partial charge in [-0.3, -0.25) is 0 Å². The van der Waals surface area contributed by atoms with Crippen LogP contribution >= 0.6 is 11.3 Å². The Morgan fingerprint density at radius 1 is 1.60 bits per heavy atom. The molecule has 1 aliphatic carbocycles. The molecule has 4 nitrogen and oxygen atoms in total. The first-order valence-corrected chi connectivity index (χ1v) is 7.86. The van der Waals surface area contributed by atoms with Crippen molar-refractivity contribution in [3.05, 3.63) is 29.9 Å². The minimum absolute atomic E-state index is 0.297. The Bertz CT molecular complexity index is 610. The topological polar surface area (TPSA) is 67.6 Å². The minimum Gasteiger partial charge on any atom is -0.330 e. The number of hydrogen-bond donors (Lipinski definition) is 1. The summed E-state index contributed by atoms with van der Waals surface area (Å²) in [6.07, 6.45) is 7.75. The van der Waals surface area contributed by atoms with Crippen molar-refractivity contribution in [1.29, 1.82) is 5.26 Å². The highest BCUT2D eigenvalue weighted by Crippen LogP contribution is 2.36. The second kappa shape index (κ2) is 5.39. The fourth-order valence-electron chi connectivity index (χ4n) is 3.07. The van der Waals surface area contributed by atoms with Crippen LogP contribution in [0.15, 0.2) is 29.9 Å². The standard InChI is InChI=1S/C15H18N4S/c16-11-15(17)6-1-3-12(15)5-8-19-9-7-18-14(19)13-4-2-10-20-13/h2,4,7,9-10,12H,1,3,5-6,8,17H2. The predicted octanol–water partition coefficient (Wildman–Crippen LogP) is 3.02. The molecule has 2 aromatic heterocycles. The molecule has 2 unspecified atom stereocenters. The molecule has 1 saturated carbocycles. The molecule has 2 atom stereocenters. The molecule has 0 saturated heterocycles. The van der Waals surface area contributed by atoms with Gasteiger partial charge in [-0.05, 0) is 36.6 Å². The van der Waals surface area contributed by atoms with Crippen molar-refractivity contribution < 1.29 is 0 Å². The third-order valence-corrected chi connectivity index (χ3v) is 5.12. The zero-order valence-corrected chi connectivity index (χ0v) is 12.1. The molecule has 0 radical (unpaired) electrons. The molecule has 2 aromatic rings. The van der Waals surface area contributed by atoms with E-state index in [1.807, 2.05) is 18.5 Å². The second-order valence-corrected chi connectivity index (χ2v) is 6.40. The van der Waals surface area contributed by atoms with Crippen LogP contribution in [0.5, 0.6) is 0 Å². The van der Waals surface area contributed by atoms with Gasteiger partial charge < -0.3 is 10.3 Å². The molecule has 0 bridgehead atoms. The number of aryl methyl sites for hydroxylation is 1. The summed E-state index contributed by atoms with van der Waals surface area (Å²) in [6, 6.07) is 6.44. The predicted molar refractivity (Wildman–Crippen MR) is 80.0 cm³/mol. The van der Waals surface area contributed by atoms with Gasteiger partial charge in [0, 0.05) is 18.9 Å². The van der Waals surface area contributed by atoms with Crippen LogP contribution in [0.3, 0.4) is 0 Å². The van der Waals surface area contributed by atoms with Crippen LogP contribution in [0.4, 0.5) is 0 Å². The molecule has 5 heteroatoms. The van der Waals surface area contributed by atoms with Crippen molar-refractivity contribution in [1.82, 2.24) is 9.55 Å². The molecular formula is C15H18N4S. The van der Waals surface area contributed by atoms with E-state index < -0.39 is 5.54 Å². The monoisotopic (exact) mass is 286 g/mol. The molecule has 20 heavy (non-hydrogen) atoms. The first-order chi connectivity index (χ1) is 9.73. The average Bonchev–Trinajstić information content (AvgIpc) is 3.17. The lowest BCUT2D eigenvalue weighted by molar-refractivity contribution is 0.354. The van der Waals surface area contributed by atoms with Crippen molar-refractivity contribution in [3.63, 3.8) is 0 Å². The summed E-state index contributed by atoms with van der Waals surface area (Å²) in [5.74, 6) is 1.31. The summed E-state index contributed by atoms with van der Waals surface area (Å²) in [5, 5.41) is 11.3. The van der Waals surface area contributed by atoms with E-state index in [1.165, 1.54) is 4.88 Å². The van der Waals surface area contributed by atoms with Crippen molar-refractivity contribution >= 4 is 11.3 Å². The van der Waals surface area contributed by atoms with Crippen molar-refractivity contribution in [2.45, 2.75) is 37.8 Å². The number of nitrogens with zero attached hydrogens (tertiary/aromatic N) is 3. The minimum atomic E-state index is -0.621. The number of nitriles is 1. The molecule has 2 heterocycles. The molecule has 1 aliphatic rings. The first kappa shape index (κ1) is 13.3. The maximum absolute atomic E-state index is 9.27. The molecular weight excluding hydrogens is 268 g/mol. The Balaban J connectivity index is 1.71. The third kappa shape index (κ3) is 2.37. The Morgan fingerprint density at radius 3 is 3.25 bits per heavy atom. The van der Waals surface area contributed by atoms with E-state index in [0.29, 0.717) is 5.92 Å². The number of thiophene rings is 1. The Hall–Kier alpha value is -1.64. The Morgan fingerprint density at radius 2 is 2.50 bits per heavy atom. The van der Waals surface area contributed by atoms with Gasteiger partial charge in [0.25, 0.3) is 0 Å². The highest BCUT2D eigenvalue weighted by molar-refractivity contribution is 7.13. The van der Waals surface area contributed by atoms with E-state index in [-0.39, 0.29) is 0 Å².